The summed E-state index contributed by atoms with van der Waals surface area (Å²) >= 11 is 0. The van der Waals surface area contributed by atoms with Crippen LogP contribution in [-0.4, -0.2) is 42.0 Å². The molecule has 222 valence electrons. The topological polar surface area (TPSA) is 69.1 Å². The summed E-state index contributed by atoms with van der Waals surface area (Å²) in [5, 5.41) is 14.0. The number of carbonyl (C=O) groups excluding carboxylic acids is 1. The third-order valence-corrected chi connectivity index (χ3v) is 9.45. The van der Waals surface area contributed by atoms with Crippen LogP contribution in [0.15, 0.2) is 48.7 Å². The molecule has 6 heteroatoms. The molecule has 2 aliphatic rings. The molecule has 0 unspecified atom stereocenters. The maximum absolute atomic E-state index is 13.9. The molecule has 2 heterocycles. The molecule has 1 aromatic heterocycles. The van der Waals surface area contributed by atoms with Gasteiger partial charge in [0.15, 0.2) is 0 Å². The summed E-state index contributed by atoms with van der Waals surface area (Å²) in [7, 11) is 0. The van der Waals surface area contributed by atoms with Crippen molar-refractivity contribution in [1.29, 1.82) is 5.41 Å². The number of halogens is 1. The zero-order valence-corrected chi connectivity index (χ0v) is 25.4. The Labute approximate surface area is 250 Å². The summed E-state index contributed by atoms with van der Waals surface area (Å²) in [5.74, 6) is 0.415. The molecule has 3 aromatic rings. The molecule has 0 bridgehead atoms. The molecule has 1 spiro atoms. The van der Waals surface area contributed by atoms with E-state index >= 15 is 0 Å². The van der Waals surface area contributed by atoms with Gasteiger partial charge in [0.05, 0.1) is 12.2 Å². The van der Waals surface area contributed by atoms with E-state index in [9.17, 15) is 9.18 Å². The number of hydrogen-bond acceptors (Lipinski definition) is 5. The Morgan fingerprint density at radius 1 is 1.17 bits per heavy atom. The fourth-order valence-corrected chi connectivity index (χ4v) is 7.16. The highest BCUT2D eigenvalue weighted by atomic mass is 19.1. The number of rotatable bonds is 13. The van der Waals surface area contributed by atoms with Crippen LogP contribution < -0.4 is 5.32 Å². The second-order valence-electron chi connectivity index (χ2n) is 12.7. The number of benzene rings is 2. The Balaban J connectivity index is 1.55. The van der Waals surface area contributed by atoms with E-state index in [1.807, 2.05) is 12.1 Å². The Bertz CT molecular complexity index is 1460. The smallest absolute Gasteiger partial charge is 0.139 e. The first kappa shape index (κ1) is 29.9. The maximum atomic E-state index is 13.9. The molecule has 0 amide bonds. The number of nitrogens with one attached hydrogen (secondary N) is 2. The Kier molecular flexibility index (Phi) is 9.10. The first-order chi connectivity index (χ1) is 20.3. The van der Waals surface area contributed by atoms with E-state index in [1.165, 1.54) is 37.6 Å². The molecule has 1 saturated carbocycles. The number of fused-ring (bicyclic) bond motifs is 1. The first-order valence-electron chi connectivity index (χ1n) is 15.7. The van der Waals surface area contributed by atoms with Gasteiger partial charge >= 0.3 is 0 Å². The van der Waals surface area contributed by atoms with Crippen molar-refractivity contribution >= 4 is 29.0 Å². The van der Waals surface area contributed by atoms with Crippen LogP contribution in [0.2, 0.25) is 0 Å². The minimum atomic E-state index is -0.257. The highest BCUT2D eigenvalue weighted by Gasteiger charge is 2.50. The fourth-order valence-electron chi connectivity index (χ4n) is 7.16. The van der Waals surface area contributed by atoms with Crippen molar-refractivity contribution in [2.75, 3.05) is 25.0 Å². The van der Waals surface area contributed by atoms with E-state index in [0.717, 1.165) is 102 Å². The molecule has 0 atom stereocenters. The largest absolute Gasteiger partial charge is 0.384 e. The monoisotopic (exact) mass is 568 g/mol. The maximum Gasteiger partial charge on any atom is 0.139 e. The van der Waals surface area contributed by atoms with Gasteiger partial charge < -0.3 is 20.4 Å². The number of aromatic nitrogens is 1. The number of hydrogen-bond donors (Lipinski definition) is 2. The summed E-state index contributed by atoms with van der Waals surface area (Å²) in [5.41, 5.74) is 7.15. The molecule has 1 aliphatic heterocycles. The van der Waals surface area contributed by atoms with Crippen molar-refractivity contribution in [3.05, 3.63) is 71.4 Å². The lowest BCUT2D eigenvalue weighted by molar-refractivity contribution is -0.108. The lowest BCUT2D eigenvalue weighted by Crippen LogP contribution is -2.39. The molecule has 1 saturated heterocycles. The number of allylic oxidation sites excluding steroid dienone is 1. The SMILES string of the molecule is C=C1N(CC=O)CCC12CC(Cc1nc(C(C)C)c(-c3ccc(F)cc3)c3cc(C=N)c(NCCCCCC)cc13)C2. The second-order valence-corrected chi connectivity index (χ2v) is 12.7. The van der Waals surface area contributed by atoms with Crippen molar-refractivity contribution in [3.8, 4) is 11.1 Å². The van der Waals surface area contributed by atoms with Crippen molar-refractivity contribution < 1.29 is 9.18 Å². The predicted molar refractivity (Wildman–Crippen MR) is 172 cm³/mol. The molecular weight excluding hydrogens is 523 g/mol. The highest BCUT2D eigenvalue weighted by molar-refractivity contribution is 6.04. The van der Waals surface area contributed by atoms with Crippen LogP contribution in [0.3, 0.4) is 0 Å². The van der Waals surface area contributed by atoms with Crippen LogP contribution in [-0.2, 0) is 11.2 Å². The summed E-state index contributed by atoms with van der Waals surface area (Å²) in [6.45, 7) is 13.1. The number of aldehydes is 1. The van der Waals surface area contributed by atoms with Gasteiger partial charge in [-0.05, 0) is 79.2 Å². The van der Waals surface area contributed by atoms with E-state index in [-0.39, 0.29) is 17.2 Å². The molecule has 5 nitrogen and oxygen atoms in total. The fraction of sp³-hybridized carbons (Fsp3) is 0.472. The third kappa shape index (κ3) is 5.86. The van der Waals surface area contributed by atoms with Gasteiger partial charge in [-0.25, -0.2) is 4.39 Å². The number of likely N-dealkylation sites (tertiary alicyclic amines) is 1. The molecule has 2 aromatic carbocycles. The van der Waals surface area contributed by atoms with E-state index in [1.54, 1.807) is 0 Å². The van der Waals surface area contributed by atoms with Crippen molar-refractivity contribution in [3.63, 3.8) is 0 Å². The van der Waals surface area contributed by atoms with Gasteiger partial charge in [0.2, 0.25) is 0 Å². The summed E-state index contributed by atoms with van der Waals surface area (Å²) < 4.78 is 13.9. The Hall–Kier alpha value is -3.54. The zero-order chi connectivity index (χ0) is 29.9. The second kappa shape index (κ2) is 12.8. The summed E-state index contributed by atoms with van der Waals surface area (Å²) in [4.78, 5) is 18.6. The van der Waals surface area contributed by atoms with Gasteiger partial charge in [-0.3, -0.25) is 4.98 Å². The quantitative estimate of drug-likeness (QED) is 0.123. The van der Waals surface area contributed by atoms with Crippen molar-refractivity contribution in [2.45, 2.75) is 78.1 Å². The number of nitrogens with zero attached hydrogens (tertiary/aromatic N) is 2. The van der Waals surface area contributed by atoms with E-state index < -0.39 is 0 Å². The van der Waals surface area contributed by atoms with Crippen LogP contribution in [0.1, 0.15) is 88.6 Å². The average Bonchev–Trinajstić information content (AvgIpc) is 3.28. The van der Waals surface area contributed by atoms with Crippen LogP contribution in [0, 0.1) is 22.6 Å². The number of carbonyl (C=O) groups is 1. The minimum absolute atomic E-state index is 0.122. The lowest BCUT2D eigenvalue weighted by Gasteiger charge is -2.46. The molecule has 42 heavy (non-hydrogen) atoms. The zero-order valence-electron chi connectivity index (χ0n) is 25.4. The van der Waals surface area contributed by atoms with E-state index in [4.69, 9.17) is 10.4 Å². The van der Waals surface area contributed by atoms with Crippen LogP contribution >= 0.6 is 0 Å². The number of anilines is 1. The van der Waals surface area contributed by atoms with Gasteiger partial charge in [0, 0.05) is 58.3 Å². The number of unbranched alkanes of at least 4 members (excludes halogenated alkanes) is 3. The van der Waals surface area contributed by atoms with Crippen LogP contribution in [0.5, 0.6) is 0 Å². The van der Waals surface area contributed by atoms with Gasteiger partial charge in [-0.2, -0.15) is 0 Å². The van der Waals surface area contributed by atoms with Crippen molar-refractivity contribution in [1.82, 2.24) is 9.88 Å². The minimum Gasteiger partial charge on any atom is -0.384 e. The van der Waals surface area contributed by atoms with Crippen LogP contribution in [0.25, 0.3) is 21.9 Å². The Morgan fingerprint density at radius 2 is 1.93 bits per heavy atom. The normalized spacial score (nSPS) is 20.0. The molecule has 0 radical (unpaired) electrons. The lowest BCUT2D eigenvalue weighted by atomic mass is 9.59. The standard InChI is InChI=1S/C36H45FN4O/c1-5-6-7-8-14-39-32-20-30-31(19-28(32)23-38)34(27-9-11-29(37)12-10-27)35(24(2)3)40-33(30)18-26-21-36(22-26)13-15-41(16-17-42)25(36)4/h9-12,17,19-20,23-24,26,38-39H,4-8,13-16,18,21-22H2,1-3H3. The van der Waals surface area contributed by atoms with E-state index in [0.29, 0.717) is 12.5 Å². The molecule has 2 N–H and O–H groups in total. The Morgan fingerprint density at radius 3 is 2.60 bits per heavy atom. The van der Waals surface area contributed by atoms with Gasteiger partial charge in [0.25, 0.3) is 0 Å². The van der Waals surface area contributed by atoms with Gasteiger partial charge in [-0.1, -0.05) is 58.7 Å². The summed E-state index contributed by atoms with van der Waals surface area (Å²) in [6, 6.07) is 11.0. The molecule has 5 rings (SSSR count). The van der Waals surface area contributed by atoms with E-state index in [2.05, 4.69) is 49.7 Å². The van der Waals surface area contributed by atoms with Crippen molar-refractivity contribution in [2.24, 2.45) is 11.3 Å². The van der Waals surface area contributed by atoms with Crippen LogP contribution in [0.4, 0.5) is 10.1 Å². The average molecular weight is 569 g/mol. The highest BCUT2D eigenvalue weighted by Crippen LogP contribution is 2.58. The third-order valence-electron chi connectivity index (χ3n) is 9.45. The predicted octanol–water partition coefficient (Wildman–Crippen LogP) is 8.51. The summed E-state index contributed by atoms with van der Waals surface area (Å²) in [6.07, 6.45) is 11.2. The molecule has 2 fully saturated rings. The first-order valence-corrected chi connectivity index (χ1v) is 15.7. The number of pyridine rings is 1. The molecular formula is C36H45FN4O. The molecule has 1 aliphatic carbocycles. The van der Waals surface area contributed by atoms with Gasteiger partial charge in [-0.15, -0.1) is 0 Å². The van der Waals surface area contributed by atoms with Gasteiger partial charge in [0.1, 0.15) is 12.1 Å².